The van der Waals surface area contributed by atoms with Gasteiger partial charge in [0.15, 0.2) is 0 Å². The van der Waals surface area contributed by atoms with Crippen molar-refractivity contribution in [1.82, 2.24) is 5.32 Å². The molecule has 3 atom stereocenters. The number of carbonyl (C=O) groups is 2. The van der Waals surface area contributed by atoms with E-state index in [0.29, 0.717) is 23.9 Å². The molecule has 0 aromatic heterocycles. The third kappa shape index (κ3) is 65.0. The third-order valence-electron chi connectivity index (χ3n) is 15.2. The van der Waals surface area contributed by atoms with Gasteiger partial charge in [-0.2, -0.15) is 0 Å². The molecule has 0 radical (unpaired) electrons. The minimum absolute atomic E-state index is 0.0298. The molecule has 0 aromatic carbocycles. The van der Waals surface area contributed by atoms with E-state index in [1.165, 1.54) is 135 Å². The van der Waals surface area contributed by atoms with Crippen LogP contribution in [0.1, 0.15) is 303 Å². The Bertz CT molecular complexity index is 1820. The van der Waals surface area contributed by atoms with Crippen LogP contribution in [0.5, 0.6) is 0 Å². The van der Waals surface area contributed by atoms with E-state index in [4.69, 9.17) is 13.8 Å². The first kappa shape index (κ1) is 81.7. The molecule has 0 saturated carbocycles. The zero-order valence-electron chi connectivity index (χ0n) is 56.0. The summed E-state index contributed by atoms with van der Waals surface area (Å²) >= 11 is 0. The van der Waals surface area contributed by atoms with E-state index in [9.17, 15) is 19.0 Å². The topological polar surface area (TPSA) is 114 Å². The molecule has 0 heterocycles. The number of nitrogens with one attached hydrogen (secondary N) is 1. The number of hydrogen-bond acceptors (Lipinski definition) is 7. The fraction of sp³-hybridized carbons (Fsp3) is 0.733. The van der Waals surface area contributed by atoms with Gasteiger partial charge in [0.25, 0.3) is 7.82 Å². The number of likely N-dealkylation sites (N-methyl/N-ethyl adjacent to an activating group) is 1. The van der Waals surface area contributed by atoms with Gasteiger partial charge in [0.1, 0.15) is 19.3 Å². The number of rotatable bonds is 63. The molecule has 0 saturated heterocycles. The fourth-order valence-corrected chi connectivity index (χ4v) is 10.5. The van der Waals surface area contributed by atoms with E-state index < -0.39 is 26.6 Å². The average molecular weight is 1210 g/mol. The average Bonchev–Trinajstić information content (AvgIpc) is 3.48. The first-order valence-corrected chi connectivity index (χ1v) is 36.7. The van der Waals surface area contributed by atoms with Crippen LogP contribution in [-0.2, 0) is 27.9 Å². The van der Waals surface area contributed by atoms with Crippen molar-refractivity contribution in [2.45, 2.75) is 315 Å². The molecular weight excluding hydrogens is 1070 g/mol. The molecule has 0 spiro atoms. The lowest BCUT2D eigenvalue weighted by molar-refractivity contribution is -0.870. The number of allylic oxidation sites excluding steroid dienone is 17. The minimum atomic E-state index is -4.72. The van der Waals surface area contributed by atoms with Gasteiger partial charge in [-0.05, 0) is 115 Å². The molecule has 0 bridgehead atoms. The molecule has 0 aliphatic heterocycles. The summed E-state index contributed by atoms with van der Waals surface area (Å²) in [5, 5.41) is 3.04. The summed E-state index contributed by atoms with van der Waals surface area (Å²) in [6, 6.07) is -0.903. The number of quaternary nitrogens is 1. The van der Waals surface area contributed by atoms with Crippen molar-refractivity contribution in [3.63, 3.8) is 0 Å². The SMILES string of the molecule is CC/C=C\C/C=C\C/C=C\C/C=C\C/C=C\C/C=C\CCCCCCCCC(=O)OC(/C=C/CCCCCCCCCCCCC)C(COP(=O)([O-])OCC[N+](C)(C)C)NC(=O)CCCCCCCCCCCCC/C=C\C/C=C\CCCCC. The van der Waals surface area contributed by atoms with E-state index in [2.05, 4.69) is 123 Å². The normalized spacial score (nSPS) is 14.2. The molecule has 1 N–H and O–H groups in total. The van der Waals surface area contributed by atoms with Crippen LogP contribution in [0.4, 0.5) is 0 Å². The molecular formula is C75H133N2O7P. The van der Waals surface area contributed by atoms with Gasteiger partial charge in [-0.15, -0.1) is 0 Å². The van der Waals surface area contributed by atoms with Gasteiger partial charge >= 0.3 is 5.97 Å². The molecule has 3 unspecified atom stereocenters. The highest BCUT2D eigenvalue weighted by Gasteiger charge is 2.27. The second-order valence-electron chi connectivity index (χ2n) is 24.6. The summed E-state index contributed by atoms with van der Waals surface area (Å²) in [7, 11) is 1.17. The van der Waals surface area contributed by atoms with Crippen LogP contribution in [0.25, 0.3) is 0 Å². The molecule has 0 aliphatic carbocycles. The molecule has 1 amide bonds. The number of phosphoric acid groups is 1. The maximum absolute atomic E-state index is 13.6. The molecule has 0 fully saturated rings. The second kappa shape index (κ2) is 63.7. The highest BCUT2D eigenvalue weighted by molar-refractivity contribution is 7.45. The number of unbranched alkanes of at least 4 members (excludes halogenated alkanes) is 31. The van der Waals surface area contributed by atoms with Crippen LogP contribution in [-0.4, -0.2) is 69.4 Å². The number of amides is 1. The molecule has 9 nitrogen and oxygen atoms in total. The van der Waals surface area contributed by atoms with Crippen LogP contribution in [0.15, 0.2) is 109 Å². The van der Waals surface area contributed by atoms with Gasteiger partial charge in [0.05, 0.1) is 33.8 Å². The zero-order chi connectivity index (χ0) is 62.1. The smallest absolute Gasteiger partial charge is 0.306 e. The molecule has 490 valence electrons. The van der Waals surface area contributed by atoms with E-state index in [0.717, 1.165) is 128 Å². The number of hydrogen-bond donors (Lipinski definition) is 1. The van der Waals surface area contributed by atoms with Crippen LogP contribution < -0.4 is 10.2 Å². The summed E-state index contributed by atoms with van der Waals surface area (Å²) < 4.78 is 30.4. The van der Waals surface area contributed by atoms with Crippen molar-refractivity contribution in [2.75, 3.05) is 40.9 Å². The Balaban J connectivity index is 5.18. The number of esters is 1. The van der Waals surface area contributed by atoms with Crippen molar-refractivity contribution in [1.29, 1.82) is 0 Å². The Morgan fingerprint density at radius 3 is 1.15 bits per heavy atom. The molecule has 0 aliphatic rings. The predicted octanol–water partition coefficient (Wildman–Crippen LogP) is 21.8. The third-order valence-corrected chi connectivity index (χ3v) is 16.2. The summed E-state index contributed by atoms with van der Waals surface area (Å²) in [6.07, 6.45) is 87.7. The quantitative estimate of drug-likeness (QED) is 0.0212. The standard InChI is InChI=1S/C75H133N2O7P/c1-7-10-13-16-19-22-25-28-30-32-34-36-37-38-39-41-43-45-47-50-53-56-59-62-65-68-75(79)84-73(66-63-60-57-54-51-48-27-24-21-18-15-12-9-3)72(71-83-85(80,81)82-70-69-77(4,5)6)76-74(78)67-64-61-58-55-52-49-46-44-42-40-35-33-31-29-26-23-20-17-14-11-8-2/h10,13,19-20,22-23,28-31,34,36,38-39,43,45,63,66,72-73H,7-9,11-12,14-18,21,24-27,32-33,35,37,40-42,44,46-62,64-65,67-71H2,1-6H3,(H-,76,78,80,81)/b13-10-,22-19-,23-20-,30-28-,31-29-,36-34-,39-38-,45-43-,66-63+. The first-order chi connectivity index (χ1) is 41.4. The molecule has 0 rings (SSSR count). The first-order valence-electron chi connectivity index (χ1n) is 35.2. The highest BCUT2D eigenvalue weighted by atomic mass is 31.2. The van der Waals surface area contributed by atoms with Gasteiger partial charge in [-0.1, -0.05) is 285 Å². The zero-order valence-corrected chi connectivity index (χ0v) is 56.9. The van der Waals surface area contributed by atoms with Crippen LogP contribution in [0, 0.1) is 0 Å². The summed E-state index contributed by atoms with van der Waals surface area (Å²) in [5.74, 6) is -0.559. The predicted molar refractivity (Wildman–Crippen MR) is 367 cm³/mol. The maximum Gasteiger partial charge on any atom is 0.306 e. The maximum atomic E-state index is 13.6. The lowest BCUT2D eigenvalue weighted by atomic mass is 10.0. The van der Waals surface area contributed by atoms with E-state index in [-0.39, 0.29) is 24.9 Å². The van der Waals surface area contributed by atoms with E-state index in [1.807, 2.05) is 33.3 Å². The molecule has 0 aromatic rings. The number of nitrogens with zero attached hydrogens (tertiary/aromatic N) is 1. The lowest BCUT2D eigenvalue weighted by Crippen LogP contribution is -2.47. The molecule has 10 heteroatoms. The van der Waals surface area contributed by atoms with Crippen molar-refractivity contribution >= 4 is 19.7 Å². The van der Waals surface area contributed by atoms with Gasteiger partial charge in [-0.3, -0.25) is 14.2 Å². The summed E-state index contributed by atoms with van der Waals surface area (Å²) in [5.41, 5.74) is 0. The Morgan fingerprint density at radius 1 is 0.424 bits per heavy atom. The number of ether oxygens (including phenoxy) is 1. The van der Waals surface area contributed by atoms with Crippen molar-refractivity contribution in [3.8, 4) is 0 Å². The fourth-order valence-electron chi connectivity index (χ4n) is 9.79. The number of phosphoric ester groups is 1. The van der Waals surface area contributed by atoms with Crippen LogP contribution in [0.3, 0.4) is 0 Å². The Labute approximate surface area is 525 Å². The monoisotopic (exact) mass is 1200 g/mol. The van der Waals surface area contributed by atoms with Gasteiger partial charge in [0.2, 0.25) is 5.91 Å². The summed E-state index contributed by atoms with van der Waals surface area (Å²) in [4.78, 5) is 40.2. The van der Waals surface area contributed by atoms with Crippen molar-refractivity contribution in [2.24, 2.45) is 0 Å². The second-order valence-corrected chi connectivity index (χ2v) is 26.1. The minimum Gasteiger partial charge on any atom is -0.756 e. The van der Waals surface area contributed by atoms with E-state index >= 15 is 0 Å². The van der Waals surface area contributed by atoms with Crippen LogP contribution in [0.2, 0.25) is 0 Å². The Hall–Kier alpha value is -3.33. The van der Waals surface area contributed by atoms with Crippen molar-refractivity contribution in [3.05, 3.63) is 109 Å². The highest BCUT2D eigenvalue weighted by Crippen LogP contribution is 2.38. The molecule has 85 heavy (non-hydrogen) atoms. The summed E-state index contributed by atoms with van der Waals surface area (Å²) in [6.45, 7) is 6.71. The Morgan fingerprint density at radius 2 is 0.753 bits per heavy atom. The van der Waals surface area contributed by atoms with Gasteiger partial charge in [0, 0.05) is 12.8 Å². The van der Waals surface area contributed by atoms with Gasteiger partial charge in [-0.25, -0.2) is 0 Å². The Kier molecular flexibility index (Phi) is 61.2. The largest absolute Gasteiger partial charge is 0.756 e. The lowest BCUT2D eigenvalue weighted by Gasteiger charge is -2.30. The van der Waals surface area contributed by atoms with Crippen molar-refractivity contribution < 1.29 is 37.3 Å². The van der Waals surface area contributed by atoms with Crippen LogP contribution >= 0.6 is 7.82 Å². The van der Waals surface area contributed by atoms with Gasteiger partial charge < -0.3 is 28.5 Å². The van der Waals surface area contributed by atoms with E-state index in [1.54, 1.807) is 0 Å². The number of carbonyl (C=O) groups excluding carboxylic acids is 2.